The molecular formula is C17H15ClN2O3. The molecule has 0 saturated carbocycles. The van der Waals surface area contributed by atoms with Gasteiger partial charge >= 0.3 is 0 Å². The van der Waals surface area contributed by atoms with Crippen molar-refractivity contribution in [3.05, 3.63) is 58.6 Å². The maximum atomic E-state index is 12.0. The molecule has 2 aromatic rings. The summed E-state index contributed by atoms with van der Waals surface area (Å²) in [5.41, 5.74) is 2.86. The van der Waals surface area contributed by atoms with Crippen LogP contribution in [0.1, 0.15) is 23.7 Å². The van der Waals surface area contributed by atoms with Gasteiger partial charge in [-0.15, -0.1) is 0 Å². The number of aliphatic hydroxyl groups excluding tert-OH is 1. The molecule has 1 atom stereocenters. The van der Waals surface area contributed by atoms with E-state index >= 15 is 0 Å². The molecular weight excluding hydrogens is 316 g/mol. The Morgan fingerprint density at radius 2 is 2.00 bits per heavy atom. The van der Waals surface area contributed by atoms with Gasteiger partial charge in [0.25, 0.3) is 0 Å². The fourth-order valence-corrected chi connectivity index (χ4v) is 2.62. The maximum Gasteiger partial charge on any atom is 0.228 e. The van der Waals surface area contributed by atoms with Gasteiger partial charge < -0.3 is 15.7 Å². The monoisotopic (exact) mass is 330 g/mol. The third kappa shape index (κ3) is 3.70. The minimum atomic E-state index is -0.898. The van der Waals surface area contributed by atoms with E-state index in [0.29, 0.717) is 22.7 Å². The average molecular weight is 331 g/mol. The first-order valence-electron chi connectivity index (χ1n) is 7.17. The average Bonchev–Trinajstić information content (AvgIpc) is 2.87. The van der Waals surface area contributed by atoms with Crippen molar-refractivity contribution in [2.75, 3.05) is 10.6 Å². The highest BCUT2D eigenvalue weighted by Crippen LogP contribution is 2.26. The van der Waals surface area contributed by atoms with Gasteiger partial charge in [0.1, 0.15) is 0 Å². The fraction of sp³-hybridized carbons (Fsp3) is 0.176. The Morgan fingerprint density at radius 3 is 2.74 bits per heavy atom. The molecule has 0 aromatic heterocycles. The number of hydrogen-bond donors (Lipinski definition) is 3. The molecule has 2 amide bonds. The van der Waals surface area contributed by atoms with E-state index < -0.39 is 6.10 Å². The van der Waals surface area contributed by atoms with Crippen LogP contribution < -0.4 is 10.6 Å². The van der Waals surface area contributed by atoms with Crippen LogP contribution in [0.3, 0.4) is 0 Å². The second kappa shape index (κ2) is 6.40. The molecule has 0 radical (unpaired) electrons. The summed E-state index contributed by atoms with van der Waals surface area (Å²) < 4.78 is 0. The zero-order valence-corrected chi connectivity index (χ0v) is 12.9. The summed E-state index contributed by atoms with van der Waals surface area (Å²) >= 11 is 5.80. The Balaban J connectivity index is 1.62. The molecule has 0 saturated heterocycles. The number of halogens is 1. The standard InChI is InChI=1S/C17H15ClN2O3/c18-12-3-1-10(2-4-12)15(21)9-17(23)19-13-5-6-14-11(7-13)8-16(22)20-14/h1-7,15,21H,8-9H2,(H,19,23)(H,20,22). The van der Waals surface area contributed by atoms with Crippen molar-refractivity contribution in [2.24, 2.45) is 0 Å². The topological polar surface area (TPSA) is 78.4 Å². The van der Waals surface area contributed by atoms with E-state index in [4.69, 9.17) is 11.6 Å². The van der Waals surface area contributed by atoms with Gasteiger partial charge in [0.15, 0.2) is 0 Å². The second-order valence-corrected chi connectivity index (χ2v) is 5.85. The summed E-state index contributed by atoms with van der Waals surface area (Å²) in [6, 6.07) is 12.0. The zero-order chi connectivity index (χ0) is 16.4. The van der Waals surface area contributed by atoms with Crippen molar-refractivity contribution in [3.8, 4) is 0 Å². The Hall–Kier alpha value is -2.37. The summed E-state index contributed by atoms with van der Waals surface area (Å²) in [6.45, 7) is 0. The molecule has 1 heterocycles. The van der Waals surface area contributed by atoms with E-state index in [1.807, 2.05) is 0 Å². The largest absolute Gasteiger partial charge is 0.388 e. The first-order chi connectivity index (χ1) is 11.0. The Labute approximate surface area is 138 Å². The lowest BCUT2D eigenvalue weighted by molar-refractivity contribution is -0.118. The number of anilines is 2. The van der Waals surface area contributed by atoms with Crippen LogP contribution in [0.25, 0.3) is 0 Å². The van der Waals surface area contributed by atoms with E-state index in [2.05, 4.69) is 10.6 Å². The SMILES string of the molecule is O=C(CC(O)c1ccc(Cl)cc1)Nc1ccc2c(c1)CC(=O)N2. The minimum Gasteiger partial charge on any atom is -0.388 e. The highest BCUT2D eigenvalue weighted by atomic mass is 35.5. The van der Waals surface area contributed by atoms with Gasteiger partial charge in [-0.3, -0.25) is 9.59 Å². The third-order valence-corrected chi connectivity index (χ3v) is 3.90. The molecule has 23 heavy (non-hydrogen) atoms. The quantitative estimate of drug-likeness (QED) is 0.806. The lowest BCUT2D eigenvalue weighted by atomic mass is 10.1. The summed E-state index contributed by atoms with van der Waals surface area (Å²) in [5, 5.41) is 16.1. The van der Waals surface area contributed by atoms with Crippen LogP contribution in [0, 0.1) is 0 Å². The van der Waals surface area contributed by atoms with Gasteiger partial charge in [0, 0.05) is 16.4 Å². The highest BCUT2D eigenvalue weighted by molar-refractivity contribution is 6.30. The Kier molecular flexibility index (Phi) is 4.32. The second-order valence-electron chi connectivity index (χ2n) is 5.42. The van der Waals surface area contributed by atoms with Crippen molar-refractivity contribution in [1.82, 2.24) is 0 Å². The van der Waals surface area contributed by atoms with Gasteiger partial charge in [-0.25, -0.2) is 0 Å². The van der Waals surface area contributed by atoms with Crippen LogP contribution in [0.2, 0.25) is 5.02 Å². The number of fused-ring (bicyclic) bond motifs is 1. The normalized spacial score (nSPS) is 14.1. The van der Waals surface area contributed by atoms with Crippen molar-refractivity contribution in [1.29, 1.82) is 0 Å². The Bertz CT molecular complexity index is 759. The van der Waals surface area contributed by atoms with E-state index in [9.17, 15) is 14.7 Å². The lowest BCUT2D eigenvalue weighted by Gasteiger charge is -2.12. The molecule has 3 N–H and O–H groups in total. The molecule has 6 heteroatoms. The van der Waals surface area contributed by atoms with Gasteiger partial charge in [-0.1, -0.05) is 23.7 Å². The number of carbonyl (C=O) groups is 2. The van der Waals surface area contributed by atoms with Crippen LogP contribution in [-0.2, 0) is 16.0 Å². The number of aliphatic hydroxyl groups is 1. The molecule has 3 rings (SSSR count). The molecule has 0 spiro atoms. The van der Waals surface area contributed by atoms with Crippen molar-refractivity contribution < 1.29 is 14.7 Å². The molecule has 0 aliphatic carbocycles. The Morgan fingerprint density at radius 1 is 1.26 bits per heavy atom. The number of nitrogens with one attached hydrogen (secondary N) is 2. The van der Waals surface area contributed by atoms with Crippen LogP contribution in [0.4, 0.5) is 11.4 Å². The van der Waals surface area contributed by atoms with Crippen LogP contribution in [0.5, 0.6) is 0 Å². The molecule has 5 nitrogen and oxygen atoms in total. The van der Waals surface area contributed by atoms with Crippen LogP contribution in [0.15, 0.2) is 42.5 Å². The predicted octanol–water partition coefficient (Wildman–Crippen LogP) is 2.90. The van der Waals surface area contributed by atoms with Crippen LogP contribution >= 0.6 is 11.6 Å². The number of carbonyl (C=O) groups excluding carboxylic acids is 2. The van der Waals surface area contributed by atoms with Gasteiger partial charge in [-0.2, -0.15) is 0 Å². The molecule has 0 bridgehead atoms. The first-order valence-corrected chi connectivity index (χ1v) is 7.55. The molecule has 1 aliphatic heterocycles. The zero-order valence-electron chi connectivity index (χ0n) is 12.2. The maximum absolute atomic E-state index is 12.0. The molecule has 2 aromatic carbocycles. The van der Waals surface area contributed by atoms with E-state index in [1.165, 1.54) is 0 Å². The van der Waals surface area contributed by atoms with Crippen LogP contribution in [-0.4, -0.2) is 16.9 Å². The molecule has 1 unspecified atom stereocenters. The number of amides is 2. The smallest absolute Gasteiger partial charge is 0.228 e. The molecule has 118 valence electrons. The number of hydrogen-bond acceptors (Lipinski definition) is 3. The van der Waals surface area contributed by atoms with Crippen molar-refractivity contribution in [2.45, 2.75) is 18.9 Å². The summed E-state index contributed by atoms with van der Waals surface area (Å²) in [4.78, 5) is 23.4. The number of benzene rings is 2. The van der Waals surface area contributed by atoms with E-state index in [1.54, 1.807) is 42.5 Å². The summed E-state index contributed by atoms with van der Waals surface area (Å²) in [5.74, 6) is -0.355. The van der Waals surface area contributed by atoms with Crippen molar-refractivity contribution in [3.63, 3.8) is 0 Å². The third-order valence-electron chi connectivity index (χ3n) is 3.65. The van der Waals surface area contributed by atoms with E-state index in [-0.39, 0.29) is 18.2 Å². The fourth-order valence-electron chi connectivity index (χ4n) is 2.50. The first kappa shape index (κ1) is 15.5. The van der Waals surface area contributed by atoms with Crippen molar-refractivity contribution >= 4 is 34.8 Å². The predicted molar refractivity (Wildman–Crippen MR) is 88.4 cm³/mol. The highest BCUT2D eigenvalue weighted by Gasteiger charge is 2.18. The summed E-state index contributed by atoms with van der Waals surface area (Å²) in [7, 11) is 0. The molecule has 1 aliphatic rings. The van der Waals surface area contributed by atoms with Gasteiger partial charge in [0.05, 0.1) is 18.9 Å². The lowest BCUT2D eigenvalue weighted by Crippen LogP contribution is -2.15. The minimum absolute atomic E-state index is 0.0540. The summed E-state index contributed by atoms with van der Waals surface area (Å²) in [6.07, 6.45) is -0.646. The number of rotatable bonds is 4. The molecule has 0 fully saturated rings. The van der Waals surface area contributed by atoms with E-state index in [0.717, 1.165) is 11.3 Å². The van der Waals surface area contributed by atoms with Gasteiger partial charge in [0.2, 0.25) is 11.8 Å². The van der Waals surface area contributed by atoms with Gasteiger partial charge in [-0.05, 0) is 41.5 Å².